The predicted molar refractivity (Wildman–Crippen MR) is 70.4 cm³/mol. The van der Waals surface area contributed by atoms with E-state index in [1.54, 1.807) is 6.07 Å². The van der Waals surface area contributed by atoms with Crippen molar-refractivity contribution in [2.24, 2.45) is 11.8 Å². The van der Waals surface area contributed by atoms with Crippen LogP contribution in [0.25, 0.3) is 0 Å². The molecule has 1 N–H and O–H groups in total. The molecule has 2 heterocycles. The van der Waals surface area contributed by atoms with Crippen molar-refractivity contribution in [3.8, 4) is 11.8 Å². The fourth-order valence-electron chi connectivity index (χ4n) is 3.24. The Kier molecular flexibility index (Phi) is 3.99. The summed E-state index contributed by atoms with van der Waals surface area (Å²) < 4.78 is 67.7. The van der Waals surface area contributed by atoms with Gasteiger partial charge in [0, 0.05) is 12.6 Å². The van der Waals surface area contributed by atoms with Crippen LogP contribution in [-0.4, -0.2) is 41.6 Å². The molecule has 4 atom stereocenters. The van der Waals surface area contributed by atoms with Gasteiger partial charge in [0.2, 0.25) is 0 Å². The molecule has 1 saturated carbocycles. The molecule has 1 aliphatic carbocycles. The Hall–Kier alpha value is -2.15. The Morgan fingerprint density at radius 2 is 2.12 bits per heavy atom. The first-order valence-corrected chi connectivity index (χ1v) is 7.08. The standard InChI is InChI=1S/C14H12F5N3O2/c15-13(16)24-10-2-7(4-21-9(10)3-20)22-5-6-1-8(6)11(22)12(23)14(17,18)19/h2,4,6,8,11-13,23H,1,5H2/t6-,8-,11+,12+/m0/s1. The lowest BCUT2D eigenvalue weighted by Gasteiger charge is -2.33. The highest BCUT2D eigenvalue weighted by molar-refractivity contribution is 5.55. The van der Waals surface area contributed by atoms with Gasteiger partial charge < -0.3 is 14.7 Å². The molecule has 2 fully saturated rings. The van der Waals surface area contributed by atoms with Gasteiger partial charge in [0.15, 0.2) is 17.5 Å². The predicted octanol–water partition coefficient (Wildman–Crippen LogP) is 2.30. The molecule has 130 valence electrons. The second-order valence-corrected chi connectivity index (χ2v) is 5.82. The molecule has 0 spiro atoms. The third kappa shape index (κ3) is 2.96. The van der Waals surface area contributed by atoms with Crippen LogP contribution in [0, 0.1) is 23.2 Å². The fraction of sp³-hybridized carbons (Fsp3) is 0.571. The van der Waals surface area contributed by atoms with Gasteiger partial charge in [0.05, 0.1) is 17.9 Å². The summed E-state index contributed by atoms with van der Waals surface area (Å²) in [5.74, 6) is -0.801. The zero-order valence-electron chi connectivity index (χ0n) is 12.0. The van der Waals surface area contributed by atoms with Crippen molar-refractivity contribution < 1.29 is 31.8 Å². The molecular formula is C14H12F5N3O2. The van der Waals surface area contributed by atoms with E-state index in [0.717, 1.165) is 12.3 Å². The van der Waals surface area contributed by atoms with Crippen molar-refractivity contribution >= 4 is 5.69 Å². The number of aromatic nitrogens is 1. The first kappa shape index (κ1) is 16.7. The number of aliphatic hydroxyl groups excluding tert-OH is 1. The zero-order valence-corrected chi connectivity index (χ0v) is 12.0. The molecule has 0 aromatic carbocycles. The van der Waals surface area contributed by atoms with E-state index in [4.69, 9.17) is 5.26 Å². The Balaban J connectivity index is 1.92. The van der Waals surface area contributed by atoms with Gasteiger partial charge in [-0.25, -0.2) is 4.98 Å². The summed E-state index contributed by atoms with van der Waals surface area (Å²) in [4.78, 5) is 4.96. The van der Waals surface area contributed by atoms with Crippen molar-refractivity contribution in [2.45, 2.75) is 31.4 Å². The second-order valence-electron chi connectivity index (χ2n) is 5.82. The normalized spacial score (nSPS) is 26.9. The Morgan fingerprint density at radius 1 is 1.42 bits per heavy atom. The van der Waals surface area contributed by atoms with Crippen LogP contribution in [0.2, 0.25) is 0 Å². The Morgan fingerprint density at radius 3 is 2.71 bits per heavy atom. The molecule has 0 amide bonds. The van der Waals surface area contributed by atoms with Crippen molar-refractivity contribution in [3.63, 3.8) is 0 Å². The average Bonchev–Trinajstić information content (AvgIpc) is 3.16. The van der Waals surface area contributed by atoms with Crippen LogP contribution >= 0.6 is 0 Å². The van der Waals surface area contributed by atoms with Crippen LogP contribution < -0.4 is 9.64 Å². The van der Waals surface area contributed by atoms with Crippen LogP contribution in [0.15, 0.2) is 12.3 Å². The van der Waals surface area contributed by atoms with E-state index in [1.165, 1.54) is 4.90 Å². The molecular weight excluding hydrogens is 337 g/mol. The summed E-state index contributed by atoms with van der Waals surface area (Å²) in [7, 11) is 0. The number of ether oxygens (including phenoxy) is 1. The first-order valence-electron chi connectivity index (χ1n) is 7.08. The van der Waals surface area contributed by atoms with E-state index in [-0.39, 0.29) is 24.1 Å². The quantitative estimate of drug-likeness (QED) is 0.845. The van der Waals surface area contributed by atoms with Crippen LogP contribution in [-0.2, 0) is 0 Å². The van der Waals surface area contributed by atoms with Crippen LogP contribution in [0.5, 0.6) is 5.75 Å². The van der Waals surface area contributed by atoms with Crippen molar-refractivity contribution in [1.82, 2.24) is 4.98 Å². The molecule has 2 aliphatic rings. The number of anilines is 1. The summed E-state index contributed by atoms with van der Waals surface area (Å²) >= 11 is 0. The lowest BCUT2D eigenvalue weighted by atomic mass is 10.1. The SMILES string of the molecule is N#Cc1ncc(N2C[C@@H]3C[C@@H]3[C@@H]2[C@@H](O)C(F)(F)F)cc1OC(F)F. The number of nitriles is 1. The highest BCUT2D eigenvalue weighted by Gasteiger charge is 2.60. The van der Waals surface area contributed by atoms with E-state index >= 15 is 0 Å². The lowest BCUT2D eigenvalue weighted by Crippen LogP contribution is -2.49. The summed E-state index contributed by atoms with van der Waals surface area (Å²) in [6.45, 7) is -2.94. The topological polar surface area (TPSA) is 69.4 Å². The van der Waals surface area contributed by atoms with E-state index in [1.807, 2.05) is 0 Å². The number of fused-ring (bicyclic) bond motifs is 1. The van der Waals surface area contributed by atoms with E-state index in [0.29, 0.717) is 6.42 Å². The van der Waals surface area contributed by atoms with Gasteiger partial charge in [0.25, 0.3) is 0 Å². The smallest absolute Gasteiger partial charge is 0.416 e. The number of rotatable bonds is 4. The van der Waals surface area contributed by atoms with Gasteiger partial charge in [0.1, 0.15) is 6.07 Å². The second kappa shape index (κ2) is 5.73. The van der Waals surface area contributed by atoms with Gasteiger partial charge in [-0.15, -0.1) is 0 Å². The molecule has 24 heavy (non-hydrogen) atoms. The van der Waals surface area contributed by atoms with Crippen LogP contribution in [0.4, 0.5) is 27.6 Å². The third-order valence-electron chi connectivity index (χ3n) is 4.36. The van der Waals surface area contributed by atoms with Gasteiger partial charge in [-0.2, -0.15) is 27.2 Å². The number of nitrogens with zero attached hydrogens (tertiary/aromatic N) is 3. The summed E-state index contributed by atoms with van der Waals surface area (Å²) in [6, 6.07) is 1.43. The molecule has 0 bridgehead atoms. The Bertz CT molecular complexity index is 675. The maximum atomic E-state index is 12.9. The number of halogens is 5. The van der Waals surface area contributed by atoms with Gasteiger partial charge in [-0.1, -0.05) is 0 Å². The molecule has 1 aliphatic heterocycles. The average molecular weight is 349 g/mol. The number of alkyl halides is 5. The van der Waals surface area contributed by atoms with Crippen LogP contribution in [0.1, 0.15) is 12.1 Å². The molecule has 0 radical (unpaired) electrons. The van der Waals surface area contributed by atoms with Gasteiger partial charge in [-0.3, -0.25) is 0 Å². The minimum atomic E-state index is -4.79. The maximum absolute atomic E-state index is 12.9. The molecule has 3 rings (SSSR count). The van der Waals surface area contributed by atoms with Gasteiger partial charge in [-0.05, 0) is 18.3 Å². The molecule has 5 nitrogen and oxygen atoms in total. The number of pyridine rings is 1. The monoisotopic (exact) mass is 349 g/mol. The molecule has 1 aromatic rings. The zero-order chi connectivity index (χ0) is 17.6. The number of hydrogen-bond donors (Lipinski definition) is 1. The van der Waals surface area contributed by atoms with Crippen molar-refractivity contribution in [3.05, 3.63) is 18.0 Å². The number of aliphatic hydroxyl groups is 1. The van der Waals surface area contributed by atoms with E-state index in [9.17, 15) is 27.1 Å². The first-order chi connectivity index (χ1) is 11.2. The Labute approximate surface area is 133 Å². The van der Waals surface area contributed by atoms with Gasteiger partial charge >= 0.3 is 12.8 Å². The summed E-state index contributed by atoms with van der Waals surface area (Å²) in [6.07, 6.45) is -5.64. The van der Waals surface area contributed by atoms with Crippen molar-refractivity contribution in [2.75, 3.05) is 11.4 Å². The third-order valence-corrected chi connectivity index (χ3v) is 4.36. The maximum Gasteiger partial charge on any atom is 0.416 e. The summed E-state index contributed by atoms with van der Waals surface area (Å²) in [5.41, 5.74) is -0.290. The minimum Gasteiger partial charge on any atom is -0.432 e. The molecule has 0 unspecified atom stereocenters. The fourth-order valence-corrected chi connectivity index (χ4v) is 3.24. The highest BCUT2D eigenvalue weighted by atomic mass is 19.4. The van der Waals surface area contributed by atoms with Crippen molar-refractivity contribution in [1.29, 1.82) is 5.26 Å². The summed E-state index contributed by atoms with van der Waals surface area (Å²) in [5, 5.41) is 18.5. The minimum absolute atomic E-state index is 0.0158. The molecule has 10 heteroatoms. The number of piperidine rings is 1. The van der Waals surface area contributed by atoms with E-state index < -0.39 is 36.4 Å². The highest BCUT2D eigenvalue weighted by Crippen LogP contribution is 2.53. The lowest BCUT2D eigenvalue weighted by molar-refractivity contribution is -0.210. The van der Waals surface area contributed by atoms with E-state index in [2.05, 4.69) is 9.72 Å². The number of hydrogen-bond acceptors (Lipinski definition) is 5. The molecule has 1 aromatic heterocycles. The largest absolute Gasteiger partial charge is 0.432 e. The van der Waals surface area contributed by atoms with Crippen LogP contribution in [0.3, 0.4) is 0 Å². The molecule has 1 saturated heterocycles.